The zero-order valence-electron chi connectivity index (χ0n) is 15.9. The fraction of sp³-hybridized carbons (Fsp3) is 0.318. The van der Waals surface area contributed by atoms with Gasteiger partial charge in [0.2, 0.25) is 0 Å². The molecular weight excluding hydrogens is 424 g/mol. The van der Waals surface area contributed by atoms with Crippen LogP contribution in [0.25, 0.3) is 0 Å². The number of hydrogen-bond acceptors (Lipinski definition) is 5. The molecule has 2 rings (SSSR count). The summed E-state index contributed by atoms with van der Waals surface area (Å²) < 4.78 is 10.5. The van der Waals surface area contributed by atoms with Gasteiger partial charge in [-0.3, -0.25) is 14.4 Å². The lowest BCUT2D eigenvalue weighted by Crippen LogP contribution is -2.53. The van der Waals surface area contributed by atoms with E-state index in [0.717, 1.165) is 0 Å². The Kier molecular flexibility index (Phi) is 7.93. The van der Waals surface area contributed by atoms with Crippen molar-refractivity contribution in [3.8, 4) is 0 Å². The number of carbonyl (C=O) groups is 3. The van der Waals surface area contributed by atoms with Crippen LogP contribution in [0.1, 0.15) is 29.8 Å². The molecule has 0 aliphatic rings. The van der Waals surface area contributed by atoms with E-state index in [1.807, 2.05) is 6.07 Å². The van der Waals surface area contributed by atoms with E-state index in [-0.39, 0.29) is 19.6 Å². The van der Waals surface area contributed by atoms with E-state index in [0.29, 0.717) is 11.1 Å². The van der Waals surface area contributed by atoms with Crippen LogP contribution in [0.4, 0.5) is 0 Å². The lowest BCUT2D eigenvalue weighted by Gasteiger charge is -2.32. The van der Waals surface area contributed by atoms with Crippen molar-refractivity contribution >= 4 is 33.7 Å². The normalized spacial score (nSPS) is 12.1. The van der Waals surface area contributed by atoms with Gasteiger partial charge in [-0.25, -0.2) is 0 Å². The first kappa shape index (κ1) is 21.8. The first-order valence-corrected chi connectivity index (χ1v) is 10.0. The summed E-state index contributed by atoms with van der Waals surface area (Å²) in [6.07, 6.45) is -0.0278. The number of Topliss-reactive ketones (excluding diaryl/α,β-unsaturated/α-hetero) is 1. The zero-order chi connectivity index (χ0) is 20.6. The van der Waals surface area contributed by atoms with Gasteiger partial charge in [0.15, 0.2) is 11.2 Å². The van der Waals surface area contributed by atoms with Gasteiger partial charge < -0.3 is 9.47 Å². The lowest BCUT2D eigenvalue weighted by atomic mass is 9.76. The minimum atomic E-state index is -1.85. The van der Waals surface area contributed by atoms with Crippen LogP contribution in [0.5, 0.6) is 0 Å². The molecule has 0 aliphatic carbocycles. The molecule has 0 aromatic heterocycles. The number of benzene rings is 2. The van der Waals surface area contributed by atoms with Gasteiger partial charge in [0.1, 0.15) is 4.83 Å². The van der Waals surface area contributed by atoms with Gasteiger partial charge in [-0.1, -0.05) is 76.6 Å². The standard InChI is InChI=1S/C22H23BrO5/c1-3-27-20(25)22(21(26)28-4-2,15-16-11-7-5-8-12-16)19(23)18(24)17-13-9-6-10-14-17/h5-14,19H,3-4,15H2,1-2H3/t19-/m0/s1. The van der Waals surface area contributed by atoms with Crippen molar-refractivity contribution in [2.24, 2.45) is 5.41 Å². The molecule has 0 heterocycles. The van der Waals surface area contributed by atoms with Crippen LogP contribution < -0.4 is 0 Å². The molecule has 0 N–H and O–H groups in total. The molecule has 0 unspecified atom stereocenters. The molecule has 1 atom stereocenters. The van der Waals surface area contributed by atoms with E-state index in [1.165, 1.54) is 0 Å². The smallest absolute Gasteiger partial charge is 0.325 e. The van der Waals surface area contributed by atoms with Gasteiger partial charge in [0, 0.05) is 12.0 Å². The Morgan fingerprint density at radius 2 is 1.32 bits per heavy atom. The predicted molar refractivity (Wildman–Crippen MR) is 109 cm³/mol. The van der Waals surface area contributed by atoms with Crippen molar-refractivity contribution in [1.82, 2.24) is 0 Å². The summed E-state index contributed by atoms with van der Waals surface area (Å²) in [4.78, 5) is 38.1. The average Bonchev–Trinajstić information content (AvgIpc) is 2.72. The first-order chi connectivity index (χ1) is 13.5. The van der Waals surface area contributed by atoms with Crippen LogP contribution in [0.3, 0.4) is 0 Å². The maximum Gasteiger partial charge on any atom is 0.325 e. The Morgan fingerprint density at radius 3 is 1.79 bits per heavy atom. The Labute approximate surface area is 173 Å². The molecule has 28 heavy (non-hydrogen) atoms. The van der Waals surface area contributed by atoms with Gasteiger partial charge in [-0.05, 0) is 19.4 Å². The third-order valence-corrected chi connectivity index (χ3v) is 5.52. The van der Waals surface area contributed by atoms with Crippen LogP contribution in [-0.2, 0) is 25.5 Å². The van der Waals surface area contributed by atoms with Gasteiger partial charge in [-0.15, -0.1) is 0 Å². The van der Waals surface area contributed by atoms with Crippen LogP contribution in [0.2, 0.25) is 0 Å². The van der Waals surface area contributed by atoms with Crippen molar-refractivity contribution in [3.05, 3.63) is 71.8 Å². The third kappa shape index (κ3) is 4.68. The Bertz CT molecular complexity index is 786. The molecule has 2 aromatic rings. The van der Waals surface area contributed by atoms with Crippen molar-refractivity contribution in [2.45, 2.75) is 25.1 Å². The summed E-state index contributed by atoms with van der Waals surface area (Å²) >= 11 is 3.35. The molecule has 0 spiro atoms. The molecule has 6 heteroatoms. The quantitative estimate of drug-likeness (QED) is 0.252. The molecule has 0 saturated heterocycles. The minimum absolute atomic E-state index is 0.0278. The summed E-state index contributed by atoms with van der Waals surface area (Å²) in [5.74, 6) is -1.97. The highest BCUT2D eigenvalue weighted by molar-refractivity contribution is 9.10. The summed E-state index contributed by atoms with van der Waals surface area (Å²) in [6.45, 7) is 3.46. The molecule has 0 radical (unpaired) electrons. The molecule has 5 nitrogen and oxygen atoms in total. The molecule has 0 fully saturated rings. The summed E-state index contributed by atoms with van der Waals surface area (Å²) in [5, 5.41) is 0. The van der Waals surface area contributed by atoms with Gasteiger partial charge in [0.25, 0.3) is 0 Å². The second-order valence-corrected chi connectivity index (χ2v) is 7.08. The first-order valence-electron chi connectivity index (χ1n) is 9.09. The lowest BCUT2D eigenvalue weighted by molar-refractivity contribution is -0.171. The zero-order valence-corrected chi connectivity index (χ0v) is 17.5. The monoisotopic (exact) mass is 446 g/mol. The average molecular weight is 447 g/mol. The minimum Gasteiger partial charge on any atom is -0.465 e. The fourth-order valence-electron chi connectivity index (χ4n) is 2.93. The van der Waals surface area contributed by atoms with Crippen molar-refractivity contribution in [2.75, 3.05) is 13.2 Å². The number of esters is 2. The summed E-state index contributed by atoms with van der Waals surface area (Å²) in [5.41, 5.74) is -0.746. The molecule has 148 valence electrons. The number of ether oxygens (including phenoxy) is 2. The Balaban J connectivity index is 2.57. The van der Waals surface area contributed by atoms with E-state index < -0.39 is 28.0 Å². The second kappa shape index (κ2) is 10.2. The van der Waals surface area contributed by atoms with Gasteiger partial charge >= 0.3 is 11.9 Å². The molecular formula is C22H23BrO5. The van der Waals surface area contributed by atoms with Gasteiger partial charge in [-0.2, -0.15) is 0 Å². The Morgan fingerprint density at radius 1 is 0.857 bits per heavy atom. The van der Waals surface area contributed by atoms with E-state index in [9.17, 15) is 14.4 Å². The summed E-state index contributed by atoms with van der Waals surface area (Å²) in [6, 6.07) is 17.5. The molecule has 0 aliphatic heterocycles. The third-order valence-electron chi connectivity index (χ3n) is 4.33. The van der Waals surface area contributed by atoms with E-state index in [4.69, 9.17) is 9.47 Å². The molecule has 0 saturated carbocycles. The number of ketones is 1. The van der Waals surface area contributed by atoms with Gasteiger partial charge in [0.05, 0.1) is 13.2 Å². The SMILES string of the molecule is CCOC(=O)C(Cc1ccccc1)(C(=O)OCC)[C@@H](Br)C(=O)c1ccccc1. The number of hydrogen-bond donors (Lipinski definition) is 0. The van der Waals surface area contributed by atoms with Crippen molar-refractivity contribution in [1.29, 1.82) is 0 Å². The highest BCUT2D eigenvalue weighted by atomic mass is 79.9. The van der Waals surface area contributed by atoms with E-state index >= 15 is 0 Å². The van der Waals surface area contributed by atoms with Crippen molar-refractivity contribution < 1.29 is 23.9 Å². The number of halogens is 1. The van der Waals surface area contributed by atoms with Crippen molar-refractivity contribution in [3.63, 3.8) is 0 Å². The van der Waals surface area contributed by atoms with Crippen LogP contribution in [0, 0.1) is 5.41 Å². The molecule has 0 bridgehead atoms. The number of carbonyl (C=O) groups excluding carboxylic acids is 3. The predicted octanol–water partition coefficient (Wildman–Crippen LogP) is 3.99. The van der Waals surface area contributed by atoms with E-state index in [1.54, 1.807) is 68.4 Å². The van der Waals surface area contributed by atoms with Crippen LogP contribution in [0.15, 0.2) is 60.7 Å². The highest BCUT2D eigenvalue weighted by Crippen LogP contribution is 2.37. The topological polar surface area (TPSA) is 69.7 Å². The summed E-state index contributed by atoms with van der Waals surface area (Å²) in [7, 11) is 0. The molecule has 2 aromatic carbocycles. The number of alkyl halides is 1. The van der Waals surface area contributed by atoms with Crippen LogP contribution in [-0.4, -0.2) is 35.8 Å². The maximum absolute atomic E-state index is 13.1. The largest absolute Gasteiger partial charge is 0.465 e. The Hall–Kier alpha value is -2.47. The maximum atomic E-state index is 13.1. The van der Waals surface area contributed by atoms with E-state index in [2.05, 4.69) is 15.9 Å². The number of rotatable bonds is 9. The highest BCUT2D eigenvalue weighted by Gasteiger charge is 2.56. The second-order valence-electron chi connectivity index (χ2n) is 6.17. The molecule has 0 amide bonds. The van der Waals surface area contributed by atoms with Crippen LogP contribution >= 0.6 is 15.9 Å². The fourth-order valence-corrected chi connectivity index (χ4v) is 3.73.